The lowest BCUT2D eigenvalue weighted by molar-refractivity contribution is 0.139. The van der Waals surface area contributed by atoms with E-state index < -0.39 is 0 Å². The third-order valence-corrected chi connectivity index (χ3v) is 5.07. The Balaban J connectivity index is 0.00000264. The van der Waals surface area contributed by atoms with Gasteiger partial charge in [0.2, 0.25) is 0 Å². The van der Waals surface area contributed by atoms with Crippen LogP contribution in [0.2, 0.25) is 0 Å². The van der Waals surface area contributed by atoms with Crippen LogP contribution in [0.25, 0.3) is 0 Å². The van der Waals surface area contributed by atoms with Gasteiger partial charge in [0.1, 0.15) is 0 Å². The van der Waals surface area contributed by atoms with Crippen LogP contribution in [0.1, 0.15) is 65.2 Å². The molecule has 0 spiro atoms. The van der Waals surface area contributed by atoms with Gasteiger partial charge < -0.3 is 16.0 Å². The molecule has 0 bridgehead atoms. The number of likely N-dealkylation sites (tertiary alicyclic amines) is 1. The third kappa shape index (κ3) is 8.57. The summed E-state index contributed by atoms with van der Waals surface area (Å²) in [7, 11) is 0. The highest BCUT2D eigenvalue weighted by Gasteiger charge is 2.20. The standard InChI is InChI=1S/C18H36N4.HI/c1-15-12-16(2)14-22(13-15)11-7-6-10-20-18(19)21-17-8-4-3-5-9-17;/h15-17H,3-14H2,1-2H3,(H3,19,20,21);1H. The third-order valence-electron chi connectivity index (χ3n) is 5.07. The van der Waals surface area contributed by atoms with E-state index in [-0.39, 0.29) is 24.0 Å². The second-order valence-electron chi connectivity index (χ2n) is 7.66. The van der Waals surface area contributed by atoms with Gasteiger partial charge in [-0.25, -0.2) is 0 Å². The number of nitrogens with zero attached hydrogens (tertiary/aromatic N) is 2. The minimum absolute atomic E-state index is 0. The Morgan fingerprint density at radius 1 is 1.09 bits per heavy atom. The molecule has 0 aromatic carbocycles. The molecule has 1 aliphatic heterocycles. The average Bonchev–Trinajstić information content (AvgIpc) is 2.47. The van der Waals surface area contributed by atoms with Crippen LogP contribution >= 0.6 is 24.0 Å². The molecule has 5 heteroatoms. The molecule has 1 saturated heterocycles. The summed E-state index contributed by atoms with van der Waals surface area (Å²) < 4.78 is 0. The van der Waals surface area contributed by atoms with Gasteiger partial charge in [-0.2, -0.15) is 0 Å². The van der Waals surface area contributed by atoms with Crippen LogP contribution in [0.4, 0.5) is 0 Å². The van der Waals surface area contributed by atoms with E-state index in [1.807, 2.05) is 0 Å². The van der Waals surface area contributed by atoms with Crippen molar-refractivity contribution in [3.8, 4) is 0 Å². The highest BCUT2D eigenvalue weighted by molar-refractivity contribution is 14.0. The zero-order valence-electron chi connectivity index (χ0n) is 15.1. The topological polar surface area (TPSA) is 53.6 Å². The second-order valence-corrected chi connectivity index (χ2v) is 7.66. The van der Waals surface area contributed by atoms with E-state index in [0.29, 0.717) is 12.0 Å². The van der Waals surface area contributed by atoms with E-state index in [2.05, 4.69) is 29.1 Å². The molecule has 1 aliphatic carbocycles. The van der Waals surface area contributed by atoms with E-state index in [4.69, 9.17) is 5.73 Å². The van der Waals surface area contributed by atoms with Crippen molar-refractivity contribution in [3.05, 3.63) is 0 Å². The molecule has 2 rings (SSSR count). The normalized spacial score (nSPS) is 27.5. The number of halogens is 1. The van der Waals surface area contributed by atoms with Gasteiger partial charge in [-0.1, -0.05) is 33.1 Å². The Morgan fingerprint density at radius 2 is 1.74 bits per heavy atom. The molecule has 136 valence electrons. The molecular formula is C18H37IN4. The van der Waals surface area contributed by atoms with Gasteiger partial charge in [0.05, 0.1) is 0 Å². The Kier molecular flexibility index (Phi) is 10.5. The number of hydrogen-bond donors (Lipinski definition) is 2. The molecule has 1 heterocycles. The smallest absolute Gasteiger partial charge is 0.188 e. The Bertz CT molecular complexity index is 332. The summed E-state index contributed by atoms with van der Waals surface area (Å²) in [5, 5.41) is 3.39. The number of hydrogen-bond acceptors (Lipinski definition) is 2. The van der Waals surface area contributed by atoms with Crippen molar-refractivity contribution in [1.82, 2.24) is 10.2 Å². The molecule has 0 aromatic rings. The number of guanidine groups is 1. The van der Waals surface area contributed by atoms with E-state index in [1.165, 1.54) is 64.6 Å². The maximum atomic E-state index is 5.99. The zero-order chi connectivity index (χ0) is 15.8. The van der Waals surface area contributed by atoms with Crippen LogP contribution in [0, 0.1) is 11.8 Å². The molecule has 1 saturated carbocycles. The van der Waals surface area contributed by atoms with Crippen molar-refractivity contribution in [1.29, 1.82) is 0 Å². The average molecular weight is 436 g/mol. The summed E-state index contributed by atoms with van der Waals surface area (Å²) in [5.74, 6) is 2.38. The fraction of sp³-hybridized carbons (Fsp3) is 0.944. The molecule has 23 heavy (non-hydrogen) atoms. The molecular weight excluding hydrogens is 399 g/mol. The predicted octanol–water partition coefficient (Wildman–Crippen LogP) is 3.60. The fourth-order valence-corrected chi connectivity index (χ4v) is 4.12. The van der Waals surface area contributed by atoms with Crippen molar-refractivity contribution >= 4 is 29.9 Å². The Hall–Kier alpha value is -0.0400. The van der Waals surface area contributed by atoms with E-state index in [0.717, 1.165) is 24.8 Å². The quantitative estimate of drug-likeness (QED) is 0.290. The summed E-state index contributed by atoms with van der Waals surface area (Å²) in [4.78, 5) is 7.13. The van der Waals surface area contributed by atoms with Crippen LogP contribution < -0.4 is 11.1 Å². The van der Waals surface area contributed by atoms with Gasteiger partial charge in [0, 0.05) is 25.7 Å². The lowest BCUT2D eigenvalue weighted by Crippen LogP contribution is -2.41. The van der Waals surface area contributed by atoms with Gasteiger partial charge in [-0.15, -0.1) is 24.0 Å². The fourth-order valence-electron chi connectivity index (χ4n) is 4.12. The largest absolute Gasteiger partial charge is 0.370 e. The van der Waals surface area contributed by atoms with Gasteiger partial charge in [-0.3, -0.25) is 4.99 Å². The molecule has 0 radical (unpaired) electrons. The van der Waals surface area contributed by atoms with Crippen molar-refractivity contribution in [2.75, 3.05) is 26.2 Å². The van der Waals surface area contributed by atoms with E-state index in [1.54, 1.807) is 0 Å². The summed E-state index contributed by atoms with van der Waals surface area (Å²) in [6.45, 7) is 9.40. The Labute approximate surface area is 160 Å². The highest BCUT2D eigenvalue weighted by Crippen LogP contribution is 2.21. The number of piperidine rings is 1. The molecule has 0 amide bonds. The molecule has 2 unspecified atom stereocenters. The van der Waals surface area contributed by atoms with Crippen LogP contribution in [-0.4, -0.2) is 43.1 Å². The highest BCUT2D eigenvalue weighted by atomic mass is 127. The number of rotatable bonds is 6. The maximum absolute atomic E-state index is 5.99. The number of unbranched alkanes of at least 4 members (excludes halogenated alkanes) is 1. The first-order valence-electron chi connectivity index (χ1n) is 9.42. The predicted molar refractivity (Wildman–Crippen MR) is 111 cm³/mol. The monoisotopic (exact) mass is 436 g/mol. The number of nitrogens with two attached hydrogens (primary N) is 1. The van der Waals surface area contributed by atoms with Crippen molar-refractivity contribution in [2.45, 2.75) is 71.3 Å². The van der Waals surface area contributed by atoms with Gasteiger partial charge in [0.25, 0.3) is 0 Å². The summed E-state index contributed by atoms with van der Waals surface area (Å²) in [5.41, 5.74) is 5.99. The van der Waals surface area contributed by atoms with E-state index >= 15 is 0 Å². The molecule has 0 aromatic heterocycles. The molecule has 3 N–H and O–H groups in total. The first kappa shape index (κ1) is 21.0. The van der Waals surface area contributed by atoms with Crippen LogP contribution in [-0.2, 0) is 0 Å². The van der Waals surface area contributed by atoms with Crippen LogP contribution in [0.15, 0.2) is 4.99 Å². The lowest BCUT2D eigenvalue weighted by Gasteiger charge is -2.34. The zero-order valence-corrected chi connectivity index (χ0v) is 17.4. The summed E-state index contributed by atoms with van der Waals surface area (Å²) >= 11 is 0. The lowest BCUT2D eigenvalue weighted by atomic mass is 9.92. The molecule has 4 nitrogen and oxygen atoms in total. The minimum atomic E-state index is 0. The molecule has 2 fully saturated rings. The number of aliphatic imine (C=N–C) groups is 1. The summed E-state index contributed by atoms with van der Waals surface area (Å²) in [6.07, 6.45) is 10.3. The van der Waals surface area contributed by atoms with E-state index in [9.17, 15) is 0 Å². The Morgan fingerprint density at radius 3 is 2.39 bits per heavy atom. The van der Waals surface area contributed by atoms with Crippen molar-refractivity contribution in [2.24, 2.45) is 22.6 Å². The molecule has 2 atom stereocenters. The van der Waals surface area contributed by atoms with Crippen LogP contribution in [0.5, 0.6) is 0 Å². The van der Waals surface area contributed by atoms with Crippen molar-refractivity contribution in [3.63, 3.8) is 0 Å². The van der Waals surface area contributed by atoms with Crippen molar-refractivity contribution < 1.29 is 0 Å². The maximum Gasteiger partial charge on any atom is 0.188 e. The van der Waals surface area contributed by atoms with Gasteiger partial charge >= 0.3 is 0 Å². The first-order valence-corrected chi connectivity index (χ1v) is 9.42. The van der Waals surface area contributed by atoms with Gasteiger partial charge in [0.15, 0.2) is 5.96 Å². The van der Waals surface area contributed by atoms with Gasteiger partial charge in [-0.05, 0) is 50.5 Å². The first-order chi connectivity index (χ1) is 10.6. The number of nitrogens with one attached hydrogen (secondary N) is 1. The molecule has 2 aliphatic rings. The summed E-state index contributed by atoms with van der Waals surface area (Å²) in [6, 6.07) is 0.564. The van der Waals surface area contributed by atoms with Crippen LogP contribution in [0.3, 0.4) is 0 Å². The second kappa shape index (κ2) is 11.5. The SMILES string of the molecule is CC1CC(C)CN(CCCCN=C(N)NC2CCCCC2)C1.I. The minimum Gasteiger partial charge on any atom is -0.370 e.